The molecule has 0 aliphatic carbocycles. The number of carbonyl (C=O) groups is 2. The fourth-order valence-electron chi connectivity index (χ4n) is 2.74. The molecule has 4 heteroatoms. The minimum absolute atomic E-state index is 0.0501. The second-order valence-corrected chi connectivity index (χ2v) is 8.79. The SMILES string of the molecule is Cc1ccc(C(=O)CCC(=O)NC(C)(C)CC(C)(C)C)s1. The van der Waals surface area contributed by atoms with Crippen molar-refractivity contribution in [2.24, 2.45) is 5.41 Å². The van der Waals surface area contributed by atoms with Crippen molar-refractivity contribution in [3.63, 3.8) is 0 Å². The van der Waals surface area contributed by atoms with Gasteiger partial charge in [0.15, 0.2) is 5.78 Å². The van der Waals surface area contributed by atoms with Gasteiger partial charge in [0.1, 0.15) is 0 Å². The van der Waals surface area contributed by atoms with E-state index in [1.807, 2.05) is 32.9 Å². The Hall–Kier alpha value is -1.16. The topological polar surface area (TPSA) is 46.2 Å². The van der Waals surface area contributed by atoms with Gasteiger partial charge in [-0.05, 0) is 44.7 Å². The highest BCUT2D eigenvalue weighted by atomic mass is 32.1. The molecule has 1 aromatic rings. The molecule has 0 fully saturated rings. The Morgan fingerprint density at radius 3 is 2.19 bits per heavy atom. The van der Waals surface area contributed by atoms with E-state index in [0.29, 0.717) is 0 Å². The zero-order valence-electron chi connectivity index (χ0n) is 14.0. The summed E-state index contributed by atoms with van der Waals surface area (Å²) in [5.41, 5.74) is -0.0982. The smallest absolute Gasteiger partial charge is 0.220 e. The van der Waals surface area contributed by atoms with Gasteiger partial charge in [-0.3, -0.25) is 9.59 Å². The van der Waals surface area contributed by atoms with Crippen molar-refractivity contribution in [1.29, 1.82) is 0 Å². The van der Waals surface area contributed by atoms with Crippen LogP contribution in [0.4, 0.5) is 0 Å². The van der Waals surface area contributed by atoms with E-state index in [-0.39, 0.29) is 35.5 Å². The molecule has 1 aromatic heterocycles. The van der Waals surface area contributed by atoms with Crippen LogP contribution >= 0.6 is 11.3 Å². The highest BCUT2D eigenvalue weighted by molar-refractivity contribution is 7.14. The molecule has 1 amide bonds. The summed E-state index contributed by atoms with van der Waals surface area (Å²) in [5, 5.41) is 3.04. The molecule has 1 N–H and O–H groups in total. The van der Waals surface area contributed by atoms with E-state index in [4.69, 9.17) is 0 Å². The van der Waals surface area contributed by atoms with Gasteiger partial charge in [0.2, 0.25) is 5.91 Å². The molecule has 1 rings (SSSR count). The summed E-state index contributed by atoms with van der Waals surface area (Å²) in [4.78, 5) is 25.9. The molecule has 3 nitrogen and oxygen atoms in total. The summed E-state index contributed by atoms with van der Waals surface area (Å²) in [6.45, 7) is 12.5. The van der Waals surface area contributed by atoms with Crippen LogP contribution in [0, 0.1) is 12.3 Å². The third-order valence-corrected chi connectivity index (χ3v) is 4.09. The highest BCUT2D eigenvalue weighted by Gasteiger charge is 2.27. The van der Waals surface area contributed by atoms with Crippen molar-refractivity contribution in [3.8, 4) is 0 Å². The molecule has 0 bridgehead atoms. The summed E-state index contributed by atoms with van der Waals surface area (Å²) in [7, 11) is 0. The van der Waals surface area contributed by atoms with E-state index in [2.05, 4.69) is 26.1 Å². The Labute approximate surface area is 132 Å². The Balaban J connectivity index is 2.45. The molecule has 0 radical (unpaired) electrons. The molecule has 0 saturated carbocycles. The molecule has 0 aliphatic heterocycles. The second kappa shape index (κ2) is 6.73. The van der Waals surface area contributed by atoms with E-state index >= 15 is 0 Å². The summed E-state index contributed by atoms with van der Waals surface area (Å²) < 4.78 is 0. The Morgan fingerprint density at radius 1 is 1.10 bits per heavy atom. The van der Waals surface area contributed by atoms with Crippen LogP contribution in [-0.2, 0) is 4.79 Å². The van der Waals surface area contributed by atoms with Crippen molar-refractivity contribution < 1.29 is 9.59 Å². The molecule has 118 valence electrons. The van der Waals surface area contributed by atoms with Gasteiger partial charge >= 0.3 is 0 Å². The van der Waals surface area contributed by atoms with Crippen LogP contribution in [0.3, 0.4) is 0 Å². The number of rotatable bonds is 6. The van der Waals surface area contributed by atoms with Crippen molar-refractivity contribution in [2.45, 2.75) is 66.3 Å². The Morgan fingerprint density at radius 2 is 1.71 bits per heavy atom. The first-order valence-corrected chi connectivity index (χ1v) is 8.21. The zero-order chi connectivity index (χ0) is 16.3. The summed E-state index contributed by atoms with van der Waals surface area (Å²) in [5.74, 6) is 0.00255. The van der Waals surface area contributed by atoms with Gasteiger partial charge in [0.05, 0.1) is 4.88 Å². The van der Waals surface area contributed by atoms with Gasteiger partial charge < -0.3 is 5.32 Å². The Bertz CT molecular complexity index is 509. The minimum Gasteiger partial charge on any atom is -0.351 e. The zero-order valence-corrected chi connectivity index (χ0v) is 14.8. The van der Waals surface area contributed by atoms with E-state index in [1.165, 1.54) is 11.3 Å². The van der Waals surface area contributed by atoms with Gasteiger partial charge in [-0.25, -0.2) is 0 Å². The van der Waals surface area contributed by atoms with E-state index in [9.17, 15) is 9.59 Å². The van der Waals surface area contributed by atoms with Crippen molar-refractivity contribution in [3.05, 3.63) is 21.9 Å². The van der Waals surface area contributed by atoms with Crippen LogP contribution < -0.4 is 5.32 Å². The van der Waals surface area contributed by atoms with Crippen LogP contribution in [0.15, 0.2) is 12.1 Å². The lowest BCUT2D eigenvalue weighted by atomic mass is 9.81. The highest BCUT2D eigenvalue weighted by Crippen LogP contribution is 2.27. The number of nitrogens with one attached hydrogen (secondary N) is 1. The number of ketones is 1. The van der Waals surface area contributed by atoms with Gasteiger partial charge in [0, 0.05) is 23.3 Å². The fraction of sp³-hybridized carbons (Fsp3) is 0.647. The molecule has 1 heterocycles. The van der Waals surface area contributed by atoms with Crippen LogP contribution in [0.5, 0.6) is 0 Å². The van der Waals surface area contributed by atoms with Gasteiger partial charge in [0.25, 0.3) is 0 Å². The lowest BCUT2D eigenvalue weighted by Crippen LogP contribution is -2.45. The molecular weight excluding hydrogens is 282 g/mol. The molecule has 21 heavy (non-hydrogen) atoms. The number of aryl methyl sites for hydroxylation is 1. The fourth-order valence-corrected chi connectivity index (χ4v) is 3.58. The maximum Gasteiger partial charge on any atom is 0.220 e. The number of hydrogen-bond acceptors (Lipinski definition) is 3. The minimum atomic E-state index is -0.252. The largest absolute Gasteiger partial charge is 0.351 e. The van der Waals surface area contributed by atoms with Crippen molar-refractivity contribution in [2.75, 3.05) is 0 Å². The molecule has 0 spiro atoms. The molecular formula is C17H27NO2S. The van der Waals surface area contributed by atoms with E-state index < -0.39 is 0 Å². The average Bonchev–Trinajstić information content (AvgIpc) is 2.68. The van der Waals surface area contributed by atoms with Crippen LogP contribution in [0.2, 0.25) is 0 Å². The van der Waals surface area contributed by atoms with Crippen LogP contribution in [0.25, 0.3) is 0 Å². The molecule has 0 unspecified atom stereocenters. The predicted octanol–water partition coefficient (Wildman–Crippen LogP) is 4.35. The molecule has 0 atom stereocenters. The van der Waals surface area contributed by atoms with Crippen LogP contribution in [0.1, 0.15) is 68.4 Å². The maximum atomic E-state index is 12.0. The quantitative estimate of drug-likeness (QED) is 0.794. The summed E-state index contributed by atoms with van der Waals surface area (Å²) >= 11 is 1.49. The summed E-state index contributed by atoms with van der Waals surface area (Å²) in [6.07, 6.45) is 1.42. The monoisotopic (exact) mass is 309 g/mol. The number of carbonyl (C=O) groups excluding carboxylic acids is 2. The van der Waals surface area contributed by atoms with E-state index in [0.717, 1.165) is 16.2 Å². The predicted molar refractivity (Wildman–Crippen MR) is 88.9 cm³/mol. The van der Waals surface area contributed by atoms with Crippen molar-refractivity contribution in [1.82, 2.24) is 5.32 Å². The average molecular weight is 309 g/mol. The molecule has 0 aromatic carbocycles. The number of Topliss-reactive ketones (excluding diaryl/α,β-unsaturated/α-hetero) is 1. The molecule has 0 saturated heterocycles. The van der Waals surface area contributed by atoms with Crippen LogP contribution in [-0.4, -0.2) is 17.2 Å². The second-order valence-electron chi connectivity index (χ2n) is 7.50. The summed E-state index contributed by atoms with van der Waals surface area (Å²) in [6, 6.07) is 3.77. The standard InChI is InChI=1S/C17H27NO2S/c1-12-7-9-14(21-12)13(19)8-10-15(20)18-17(5,6)11-16(2,3)4/h7,9H,8,10-11H2,1-6H3,(H,18,20). The third-order valence-electron chi connectivity index (χ3n) is 3.04. The Kier molecular flexibility index (Phi) is 5.74. The van der Waals surface area contributed by atoms with Gasteiger partial charge in [-0.15, -0.1) is 11.3 Å². The third kappa shape index (κ3) is 6.89. The molecule has 0 aliphatic rings. The van der Waals surface area contributed by atoms with Crippen molar-refractivity contribution >= 4 is 23.0 Å². The van der Waals surface area contributed by atoms with Gasteiger partial charge in [-0.1, -0.05) is 20.8 Å². The number of amides is 1. The number of hydrogen-bond donors (Lipinski definition) is 1. The van der Waals surface area contributed by atoms with Gasteiger partial charge in [-0.2, -0.15) is 0 Å². The number of thiophene rings is 1. The lowest BCUT2D eigenvalue weighted by Gasteiger charge is -2.33. The normalized spacial score (nSPS) is 12.3. The van der Waals surface area contributed by atoms with E-state index in [1.54, 1.807) is 0 Å². The first-order valence-electron chi connectivity index (χ1n) is 7.39. The maximum absolute atomic E-state index is 12.0. The lowest BCUT2D eigenvalue weighted by molar-refractivity contribution is -0.122. The first-order chi connectivity index (χ1) is 9.48. The first kappa shape index (κ1) is 17.9.